The van der Waals surface area contributed by atoms with Crippen molar-refractivity contribution in [2.45, 2.75) is 13.5 Å². The molecule has 154 valence electrons. The van der Waals surface area contributed by atoms with Gasteiger partial charge in [0.05, 0.1) is 18.0 Å². The van der Waals surface area contributed by atoms with E-state index in [1.807, 2.05) is 30.3 Å². The predicted octanol–water partition coefficient (Wildman–Crippen LogP) is 3.97. The van der Waals surface area contributed by atoms with Crippen molar-refractivity contribution in [2.24, 2.45) is 0 Å². The maximum absolute atomic E-state index is 12.2. The zero-order chi connectivity index (χ0) is 21.7. The summed E-state index contributed by atoms with van der Waals surface area (Å²) < 4.78 is 6.69. The Bertz CT molecular complexity index is 1090. The largest absolute Gasteiger partial charge is 0.459 e. The fraction of sp³-hybridized carbons (Fsp3) is 0.143. The first-order chi connectivity index (χ1) is 14.3. The van der Waals surface area contributed by atoms with E-state index in [1.165, 1.54) is 18.2 Å². The van der Waals surface area contributed by atoms with Gasteiger partial charge in [0.25, 0.3) is 11.6 Å². The number of carbonyl (C=O) groups is 2. The number of rotatable bonds is 7. The number of hydrogen-bond acceptors (Lipinski definition) is 5. The minimum Gasteiger partial charge on any atom is -0.459 e. The van der Waals surface area contributed by atoms with Crippen LogP contribution in [0.3, 0.4) is 0 Å². The number of aryl methyl sites for hydroxylation is 1. The summed E-state index contributed by atoms with van der Waals surface area (Å²) in [7, 11) is 0. The van der Waals surface area contributed by atoms with E-state index >= 15 is 0 Å². The van der Waals surface area contributed by atoms with Gasteiger partial charge in [0.1, 0.15) is 11.5 Å². The highest BCUT2D eigenvalue weighted by Gasteiger charge is 2.15. The molecule has 2 N–H and O–H groups in total. The van der Waals surface area contributed by atoms with Crippen molar-refractivity contribution < 1.29 is 18.9 Å². The van der Waals surface area contributed by atoms with Crippen LogP contribution in [0.25, 0.3) is 11.3 Å². The summed E-state index contributed by atoms with van der Waals surface area (Å²) in [5, 5.41) is 16.1. The lowest BCUT2D eigenvalue weighted by molar-refractivity contribution is -0.385. The summed E-state index contributed by atoms with van der Waals surface area (Å²) in [6.07, 6.45) is 0. The fourth-order valence-electron chi connectivity index (χ4n) is 2.70. The second-order valence-corrected chi connectivity index (χ2v) is 7.41. The number of carbonyl (C=O) groups excluding carboxylic acids is 2. The third-order valence-corrected chi connectivity index (χ3v) is 4.86. The van der Waals surface area contributed by atoms with Gasteiger partial charge in [-0.2, -0.15) is 0 Å². The average Bonchev–Trinajstić information content (AvgIpc) is 3.20. The highest BCUT2D eigenvalue weighted by Crippen LogP contribution is 2.24. The van der Waals surface area contributed by atoms with Gasteiger partial charge in [-0.1, -0.05) is 34.1 Å². The van der Waals surface area contributed by atoms with Crippen LogP contribution in [0.1, 0.15) is 21.7 Å². The molecule has 0 aliphatic carbocycles. The Balaban J connectivity index is 1.51. The van der Waals surface area contributed by atoms with Crippen molar-refractivity contribution in [1.82, 2.24) is 10.6 Å². The molecular weight excluding hydrogens is 454 g/mol. The third kappa shape index (κ3) is 5.32. The Labute approximate surface area is 180 Å². The van der Waals surface area contributed by atoms with Crippen LogP contribution < -0.4 is 10.6 Å². The van der Waals surface area contributed by atoms with Gasteiger partial charge in [0.2, 0.25) is 5.91 Å². The van der Waals surface area contributed by atoms with Crippen LogP contribution in [-0.2, 0) is 11.3 Å². The molecule has 0 radical (unpaired) electrons. The molecule has 9 heteroatoms. The second kappa shape index (κ2) is 9.36. The van der Waals surface area contributed by atoms with Crippen LogP contribution in [0.4, 0.5) is 5.69 Å². The molecule has 0 fully saturated rings. The molecule has 8 nitrogen and oxygen atoms in total. The number of nitrogens with one attached hydrogen (secondary N) is 2. The molecule has 0 spiro atoms. The normalized spacial score (nSPS) is 10.5. The molecule has 3 aromatic rings. The van der Waals surface area contributed by atoms with E-state index in [4.69, 9.17) is 4.42 Å². The van der Waals surface area contributed by atoms with E-state index in [1.54, 1.807) is 13.0 Å². The number of amides is 2. The molecule has 3 rings (SSSR count). The van der Waals surface area contributed by atoms with E-state index in [-0.39, 0.29) is 24.3 Å². The topological polar surface area (TPSA) is 114 Å². The third-order valence-electron chi connectivity index (χ3n) is 4.33. The number of benzene rings is 2. The van der Waals surface area contributed by atoms with Crippen LogP contribution in [0.2, 0.25) is 0 Å². The SMILES string of the molecule is Cc1ccc(C(=O)NCC(=O)NCc2ccc(-c3ccc(Br)cc3)o2)cc1[N+](=O)[O-]. The molecule has 0 atom stereocenters. The van der Waals surface area contributed by atoms with Gasteiger partial charge in [0, 0.05) is 27.2 Å². The van der Waals surface area contributed by atoms with Crippen LogP contribution in [0.5, 0.6) is 0 Å². The van der Waals surface area contributed by atoms with E-state index < -0.39 is 16.7 Å². The number of nitro benzene ring substituents is 1. The molecule has 1 heterocycles. The van der Waals surface area contributed by atoms with Crippen LogP contribution in [0.15, 0.2) is 63.5 Å². The number of hydrogen-bond donors (Lipinski definition) is 2. The molecule has 1 aromatic heterocycles. The Morgan fingerprint density at radius 1 is 1.07 bits per heavy atom. The first-order valence-electron chi connectivity index (χ1n) is 8.98. The van der Waals surface area contributed by atoms with E-state index in [0.29, 0.717) is 17.1 Å². The molecule has 0 saturated heterocycles. The molecule has 0 aliphatic rings. The lowest BCUT2D eigenvalue weighted by Crippen LogP contribution is -2.36. The number of nitrogens with zero attached hydrogens (tertiary/aromatic N) is 1. The summed E-state index contributed by atoms with van der Waals surface area (Å²) in [5.41, 5.74) is 1.34. The van der Waals surface area contributed by atoms with Crippen LogP contribution in [-0.4, -0.2) is 23.3 Å². The van der Waals surface area contributed by atoms with E-state index in [9.17, 15) is 19.7 Å². The van der Waals surface area contributed by atoms with Crippen molar-refractivity contribution in [3.8, 4) is 11.3 Å². The molecule has 0 bridgehead atoms. The Kier molecular flexibility index (Phi) is 6.63. The number of halogens is 1. The zero-order valence-electron chi connectivity index (χ0n) is 16.0. The maximum Gasteiger partial charge on any atom is 0.273 e. The molecule has 30 heavy (non-hydrogen) atoms. The molecule has 0 aliphatic heterocycles. The predicted molar refractivity (Wildman–Crippen MR) is 114 cm³/mol. The van der Waals surface area contributed by atoms with E-state index in [2.05, 4.69) is 26.6 Å². The van der Waals surface area contributed by atoms with Crippen molar-refractivity contribution >= 4 is 33.4 Å². The maximum atomic E-state index is 12.2. The standard InChI is InChI=1S/C21H18BrN3O5/c1-13-2-3-15(10-18(13)25(28)29)21(27)24-12-20(26)23-11-17-8-9-19(30-17)14-4-6-16(22)7-5-14/h2-10H,11-12H2,1H3,(H,23,26)(H,24,27). The van der Waals surface area contributed by atoms with Gasteiger partial charge >= 0.3 is 0 Å². The first-order valence-corrected chi connectivity index (χ1v) is 9.77. The highest BCUT2D eigenvalue weighted by molar-refractivity contribution is 9.10. The van der Waals surface area contributed by atoms with Gasteiger partial charge in [-0.25, -0.2) is 0 Å². The van der Waals surface area contributed by atoms with Gasteiger partial charge < -0.3 is 15.1 Å². The van der Waals surface area contributed by atoms with Crippen LogP contribution in [0, 0.1) is 17.0 Å². The quantitative estimate of drug-likeness (QED) is 0.399. The van der Waals surface area contributed by atoms with Gasteiger partial charge in [0.15, 0.2) is 0 Å². The lowest BCUT2D eigenvalue weighted by atomic mass is 10.1. The van der Waals surface area contributed by atoms with E-state index in [0.717, 1.165) is 10.0 Å². The summed E-state index contributed by atoms with van der Waals surface area (Å²) in [5.74, 6) is 0.276. The summed E-state index contributed by atoms with van der Waals surface area (Å²) in [6.45, 7) is 1.49. The molecular formula is C21H18BrN3O5. The fourth-order valence-corrected chi connectivity index (χ4v) is 2.96. The minimum absolute atomic E-state index is 0.116. The van der Waals surface area contributed by atoms with Crippen molar-refractivity contribution in [3.05, 3.63) is 86.1 Å². The molecule has 2 aromatic carbocycles. The average molecular weight is 472 g/mol. The minimum atomic E-state index is -0.566. The Morgan fingerprint density at radius 2 is 1.80 bits per heavy atom. The van der Waals surface area contributed by atoms with Crippen molar-refractivity contribution in [2.75, 3.05) is 6.54 Å². The second-order valence-electron chi connectivity index (χ2n) is 6.49. The Morgan fingerprint density at radius 3 is 2.50 bits per heavy atom. The first kappa shape index (κ1) is 21.3. The van der Waals surface area contributed by atoms with Crippen LogP contribution >= 0.6 is 15.9 Å². The number of furan rings is 1. The zero-order valence-corrected chi connectivity index (χ0v) is 17.6. The van der Waals surface area contributed by atoms with Gasteiger partial charge in [-0.3, -0.25) is 19.7 Å². The lowest BCUT2D eigenvalue weighted by Gasteiger charge is -2.07. The molecule has 2 amide bonds. The van der Waals surface area contributed by atoms with Crippen molar-refractivity contribution in [1.29, 1.82) is 0 Å². The van der Waals surface area contributed by atoms with Gasteiger partial charge in [-0.05, 0) is 37.3 Å². The summed E-state index contributed by atoms with van der Waals surface area (Å²) in [4.78, 5) is 34.6. The summed E-state index contributed by atoms with van der Waals surface area (Å²) in [6, 6.07) is 15.4. The van der Waals surface area contributed by atoms with Crippen molar-refractivity contribution in [3.63, 3.8) is 0 Å². The summed E-state index contributed by atoms with van der Waals surface area (Å²) >= 11 is 3.38. The highest BCUT2D eigenvalue weighted by atomic mass is 79.9. The Hall–Kier alpha value is -3.46. The smallest absolute Gasteiger partial charge is 0.273 e. The molecule has 0 unspecified atom stereocenters. The molecule has 0 saturated carbocycles. The van der Waals surface area contributed by atoms with Gasteiger partial charge in [-0.15, -0.1) is 0 Å². The monoisotopic (exact) mass is 471 g/mol. The number of nitro groups is 1.